The Morgan fingerprint density at radius 3 is 3.00 bits per heavy atom. The van der Waals surface area contributed by atoms with Gasteiger partial charge in [0.05, 0.1) is 6.61 Å². The number of hydrogen-bond donors (Lipinski definition) is 1. The topological polar surface area (TPSA) is 68.5 Å². The number of carbonyl (C=O) groups is 1. The highest BCUT2D eigenvalue weighted by molar-refractivity contribution is 5.94. The molecule has 0 fully saturated rings. The van der Waals surface area contributed by atoms with Gasteiger partial charge in [-0.05, 0) is 19.1 Å². The van der Waals surface area contributed by atoms with Crippen molar-refractivity contribution in [1.82, 2.24) is 4.98 Å². The lowest BCUT2D eigenvalue weighted by atomic mass is 10.2. The van der Waals surface area contributed by atoms with Gasteiger partial charge in [0.1, 0.15) is 11.4 Å². The van der Waals surface area contributed by atoms with Gasteiger partial charge in [-0.3, -0.25) is 0 Å². The van der Waals surface area contributed by atoms with E-state index in [4.69, 9.17) is 10.5 Å². The summed E-state index contributed by atoms with van der Waals surface area (Å²) < 4.78 is 4.96. The first-order chi connectivity index (χ1) is 7.70. The van der Waals surface area contributed by atoms with Crippen molar-refractivity contribution < 1.29 is 9.53 Å². The molecule has 0 atom stereocenters. The fraction of sp³-hybridized carbons (Fsp3) is 0.455. The van der Waals surface area contributed by atoms with E-state index in [-0.39, 0.29) is 5.97 Å². The number of ether oxygens (including phenoxy) is 1. The van der Waals surface area contributed by atoms with E-state index in [2.05, 4.69) is 4.98 Å². The van der Waals surface area contributed by atoms with Crippen molar-refractivity contribution in [3.63, 3.8) is 0 Å². The molecule has 0 saturated heterocycles. The van der Waals surface area contributed by atoms with Crippen molar-refractivity contribution in [3.8, 4) is 0 Å². The fourth-order valence-corrected chi connectivity index (χ4v) is 1.37. The maximum Gasteiger partial charge on any atom is 0.341 e. The monoisotopic (exact) mass is 223 g/mol. The highest BCUT2D eigenvalue weighted by atomic mass is 16.5. The average Bonchev–Trinajstić information content (AvgIpc) is 2.30. The molecule has 0 aromatic carbocycles. The fourth-order valence-electron chi connectivity index (χ4n) is 1.37. The molecule has 0 spiro atoms. The summed E-state index contributed by atoms with van der Waals surface area (Å²) in [6.45, 7) is 3.28. The Morgan fingerprint density at radius 1 is 1.62 bits per heavy atom. The largest absolute Gasteiger partial charge is 0.462 e. The van der Waals surface area contributed by atoms with E-state index in [1.807, 2.05) is 11.9 Å². The highest BCUT2D eigenvalue weighted by Crippen LogP contribution is 2.16. The number of rotatable bonds is 5. The third kappa shape index (κ3) is 2.93. The van der Waals surface area contributed by atoms with Gasteiger partial charge in [0.15, 0.2) is 0 Å². The number of esters is 1. The van der Waals surface area contributed by atoms with Gasteiger partial charge in [-0.25, -0.2) is 9.78 Å². The number of nitrogens with two attached hydrogens (primary N) is 1. The van der Waals surface area contributed by atoms with Gasteiger partial charge >= 0.3 is 5.97 Å². The predicted molar refractivity (Wildman–Crippen MR) is 62.5 cm³/mol. The molecule has 1 aromatic heterocycles. The summed E-state index contributed by atoms with van der Waals surface area (Å²) in [6, 6.07) is 3.42. The Kier molecular flexibility index (Phi) is 4.72. The standard InChI is InChI=1S/C11H17N3O2/c1-3-16-11(15)9-5-4-7-13-10(9)14(2)8-6-12/h4-5,7H,3,6,8,12H2,1-2H3. The molecule has 5 nitrogen and oxygen atoms in total. The van der Waals surface area contributed by atoms with Gasteiger partial charge < -0.3 is 15.4 Å². The molecule has 2 N–H and O–H groups in total. The van der Waals surface area contributed by atoms with Crippen LogP contribution in [0.4, 0.5) is 5.82 Å². The molecule has 0 aliphatic heterocycles. The molecule has 0 unspecified atom stereocenters. The first-order valence-electron chi connectivity index (χ1n) is 5.24. The number of anilines is 1. The summed E-state index contributed by atoms with van der Waals surface area (Å²) in [4.78, 5) is 17.7. The van der Waals surface area contributed by atoms with Crippen LogP contribution in [-0.2, 0) is 4.74 Å². The summed E-state index contributed by atoms with van der Waals surface area (Å²) >= 11 is 0. The molecular formula is C11H17N3O2. The Morgan fingerprint density at radius 2 is 2.38 bits per heavy atom. The summed E-state index contributed by atoms with van der Waals surface area (Å²) in [5.41, 5.74) is 5.94. The van der Waals surface area contributed by atoms with E-state index >= 15 is 0 Å². The van der Waals surface area contributed by atoms with Crippen molar-refractivity contribution in [3.05, 3.63) is 23.9 Å². The number of aromatic nitrogens is 1. The molecule has 0 radical (unpaired) electrons. The number of hydrogen-bond acceptors (Lipinski definition) is 5. The Hall–Kier alpha value is -1.62. The average molecular weight is 223 g/mol. The highest BCUT2D eigenvalue weighted by Gasteiger charge is 2.15. The minimum atomic E-state index is -0.352. The Labute approximate surface area is 95.2 Å². The third-order valence-corrected chi connectivity index (χ3v) is 2.11. The SMILES string of the molecule is CCOC(=O)c1cccnc1N(C)CCN. The van der Waals surface area contributed by atoms with Crippen LogP contribution in [0.1, 0.15) is 17.3 Å². The van der Waals surface area contributed by atoms with E-state index in [0.717, 1.165) is 0 Å². The molecule has 1 aromatic rings. The molecule has 5 heteroatoms. The summed E-state index contributed by atoms with van der Waals surface area (Å²) in [5, 5.41) is 0. The van der Waals surface area contributed by atoms with Crippen LogP contribution in [-0.4, -0.2) is 37.7 Å². The lowest BCUT2D eigenvalue weighted by Crippen LogP contribution is -2.27. The van der Waals surface area contributed by atoms with Crippen molar-refractivity contribution in [2.75, 3.05) is 31.6 Å². The number of likely N-dealkylation sites (N-methyl/N-ethyl adjacent to an activating group) is 1. The molecule has 0 bridgehead atoms. The number of pyridine rings is 1. The van der Waals surface area contributed by atoms with Crippen LogP contribution in [0.3, 0.4) is 0 Å². The van der Waals surface area contributed by atoms with Crippen molar-refractivity contribution in [2.24, 2.45) is 5.73 Å². The lowest BCUT2D eigenvalue weighted by molar-refractivity contribution is 0.0526. The molecule has 0 amide bonds. The molecule has 88 valence electrons. The van der Waals surface area contributed by atoms with E-state index in [0.29, 0.717) is 31.1 Å². The van der Waals surface area contributed by atoms with Gasteiger partial charge in [0.25, 0.3) is 0 Å². The van der Waals surface area contributed by atoms with Crippen LogP contribution < -0.4 is 10.6 Å². The van der Waals surface area contributed by atoms with Crippen molar-refractivity contribution >= 4 is 11.8 Å². The minimum absolute atomic E-state index is 0.352. The Balaban J connectivity index is 2.95. The van der Waals surface area contributed by atoms with Crippen LogP contribution in [0.5, 0.6) is 0 Å². The van der Waals surface area contributed by atoms with Crippen LogP contribution in [0, 0.1) is 0 Å². The second-order valence-electron chi connectivity index (χ2n) is 3.31. The van der Waals surface area contributed by atoms with Gasteiger partial charge in [-0.2, -0.15) is 0 Å². The quantitative estimate of drug-likeness (QED) is 0.742. The maximum atomic E-state index is 11.7. The maximum absolute atomic E-state index is 11.7. The zero-order chi connectivity index (χ0) is 12.0. The number of nitrogens with zero attached hydrogens (tertiary/aromatic N) is 2. The van der Waals surface area contributed by atoms with Gasteiger partial charge in [0, 0.05) is 26.3 Å². The molecule has 16 heavy (non-hydrogen) atoms. The molecule has 0 aliphatic rings. The lowest BCUT2D eigenvalue weighted by Gasteiger charge is -2.19. The predicted octanol–water partition coefficient (Wildman–Crippen LogP) is 0.653. The molecule has 1 rings (SSSR count). The molecule has 0 aliphatic carbocycles. The second kappa shape index (κ2) is 6.07. The summed E-state index contributed by atoms with van der Waals surface area (Å²) in [7, 11) is 1.85. The minimum Gasteiger partial charge on any atom is -0.462 e. The van der Waals surface area contributed by atoms with Crippen LogP contribution >= 0.6 is 0 Å². The first-order valence-corrected chi connectivity index (χ1v) is 5.24. The zero-order valence-electron chi connectivity index (χ0n) is 9.64. The zero-order valence-corrected chi connectivity index (χ0v) is 9.64. The number of carbonyl (C=O) groups excluding carboxylic acids is 1. The van der Waals surface area contributed by atoms with E-state index in [1.165, 1.54) is 0 Å². The van der Waals surface area contributed by atoms with E-state index < -0.39 is 0 Å². The Bertz CT molecular complexity index is 355. The van der Waals surface area contributed by atoms with Gasteiger partial charge in [-0.15, -0.1) is 0 Å². The smallest absolute Gasteiger partial charge is 0.341 e. The van der Waals surface area contributed by atoms with Crippen LogP contribution in [0.25, 0.3) is 0 Å². The van der Waals surface area contributed by atoms with Gasteiger partial charge in [0.2, 0.25) is 0 Å². The van der Waals surface area contributed by atoms with Gasteiger partial charge in [-0.1, -0.05) is 0 Å². The third-order valence-electron chi connectivity index (χ3n) is 2.11. The summed E-state index contributed by atoms with van der Waals surface area (Å²) in [6.07, 6.45) is 1.64. The van der Waals surface area contributed by atoms with Crippen molar-refractivity contribution in [1.29, 1.82) is 0 Å². The second-order valence-corrected chi connectivity index (χ2v) is 3.31. The van der Waals surface area contributed by atoms with E-state index in [1.54, 1.807) is 25.3 Å². The summed E-state index contributed by atoms with van der Waals surface area (Å²) in [5.74, 6) is 0.251. The molecule has 0 saturated carbocycles. The van der Waals surface area contributed by atoms with Crippen LogP contribution in [0.2, 0.25) is 0 Å². The normalized spacial score (nSPS) is 9.94. The van der Waals surface area contributed by atoms with Crippen LogP contribution in [0.15, 0.2) is 18.3 Å². The first kappa shape index (κ1) is 12.4. The molecule has 1 heterocycles. The van der Waals surface area contributed by atoms with E-state index in [9.17, 15) is 4.79 Å². The molecular weight excluding hydrogens is 206 g/mol. The van der Waals surface area contributed by atoms with Crippen molar-refractivity contribution in [2.45, 2.75) is 6.92 Å².